The number of rotatable bonds is 5. The van der Waals surface area contributed by atoms with Crippen molar-refractivity contribution in [1.82, 2.24) is 4.90 Å². The van der Waals surface area contributed by atoms with Crippen molar-refractivity contribution in [2.45, 2.75) is 39.2 Å². The Kier molecular flexibility index (Phi) is 5.51. The summed E-state index contributed by atoms with van der Waals surface area (Å²) in [6.07, 6.45) is 3.76. The lowest BCUT2D eigenvalue weighted by molar-refractivity contribution is -0.122. The maximum atomic E-state index is 13.5. The number of benzene rings is 2. The van der Waals surface area contributed by atoms with Crippen LogP contribution in [0.15, 0.2) is 42.5 Å². The number of hydrogen-bond donors (Lipinski definition) is 1. The van der Waals surface area contributed by atoms with Gasteiger partial charge in [-0.3, -0.25) is 9.69 Å². The van der Waals surface area contributed by atoms with E-state index in [4.69, 9.17) is 0 Å². The highest BCUT2D eigenvalue weighted by molar-refractivity contribution is 6.01. The lowest BCUT2D eigenvalue weighted by Crippen LogP contribution is -2.49. The molecule has 2 fully saturated rings. The van der Waals surface area contributed by atoms with Crippen molar-refractivity contribution in [3.8, 4) is 0 Å². The fourth-order valence-corrected chi connectivity index (χ4v) is 3.90. The SMILES string of the molecule is Cc1ccc(N2CCCN(Cc3cccc(F)c3)C2=O)c(NC(=O)C2CCC2)c1. The summed E-state index contributed by atoms with van der Waals surface area (Å²) in [5, 5.41) is 3.04. The highest BCUT2D eigenvalue weighted by atomic mass is 19.1. The van der Waals surface area contributed by atoms with Gasteiger partial charge in [0.1, 0.15) is 5.82 Å². The summed E-state index contributed by atoms with van der Waals surface area (Å²) in [7, 11) is 0. The van der Waals surface area contributed by atoms with Crippen molar-refractivity contribution in [3.05, 3.63) is 59.4 Å². The molecule has 6 heteroatoms. The number of carbonyl (C=O) groups excluding carboxylic acids is 2. The average Bonchev–Trinajstić information content (AvgIpc) is 2.63. The number of nitrogens with zero attached hydrogens (tertiary/aromatic N) is 2. The molecule has 4 rings (SSSR count). The van der Waals surface area contributed by atoms with Crippen LogP contribution in [0, 0.1) is 18.7 Å². The summed E-state index contributed by atoms with van der Waals surface area (Å²) in [5.41, 5.74) is 3.20. The molecule has 152 valence electrons. The van der Waals surface area contributed by atoms with Crippen LogP contribution in [0.3, 0.4) is 0 Å². The van der Waals surface area contributed by atoms with E-state index in [1.807, 2.05) is 31.2 Å². The second-order valence-corrected chi connectivity index (χ2v) is 7.98. The van der Waals surface area contributed by atoms with Crippen LogP contribution in [0.1, 0.15) is 36.8 Å². The Labute approximate surface area is 170 Å². The standard InChI is InChI=1S/C23H26FN3O2/c1-16-9-10-21(20(13-16)25-22(28)18-6-3-7-18)27-12-4-11-26(23(27)29)15-17-5-2-8-19(24)14-17/h2,5,8-10,13-14,18H,3-4,6-7,11-12,15H2,1H3,(H,25,28). The number of carbonyl (C=O) groups is 2. The average molecular weight is 395 g/mol. The molecule has 29 heavy (non-hydrogen) atoms. The molecule has 1 aliphatic heterocycles. The summed E-state index contributed by atoms with van der Waals surface area (Å²) in [4.78, 5) is 29.1. The zero-order chi connectivity index (χ0) is 20.4. The third kappa shape index (κ3) is 4.26. The molecule has 5 nitrogen and oxygen atoms in total. The molecule has 0 unspecified atom stereocenters. The van der Waals surface area contributed by atoms with Gasteiger partial charge in [-0.05, 0) is 61.6 Å². The normalized spacial score (nSPS) is 17.2. The summed E-state index contributed by atoms with van der Waals surface area (Å²) >= 11 is 0. The number of nitrogens with one attached hydrogen (secondary N) is 1. The highest BCUT2D eigenvalue weighted by Gasteiger charge is 2.30. The first-order valence-electron chi connectivity index (χ1n) is 10.2. The Hall–Kier alpha value is -2.89. The largest absolute Gasteiger partial charge is 0.324 e. The minimum atomic E-state index is -0.302. The second-order valence-electron chi connectivity index (χ2n) is 7.98. The van der Waals surface area contributed by atoms with Crippen molar-refractivity contribution in [3.63, 3.8) is 0 Å². The maximum Gasteiger partial charge on any atom is 0.324 e. The minimum Gasteiger partial charge on any atom is -0.324 e. The highest BCUT2D eigenvalue weighted by Crippen LogP contribution is 2.33. The molecule has 1 heterocycles. The van der Waals surface area contributed by atoms with Crippen LogP contribution in [0.2, 0.25) is 0 Å². The van der Waals surface area contributed by atoms with Gasteiger partial charge in [-0.2, -0.15) is 0 Å². The number of aryl methyl sites for hydroxylation is 1. The van der Waals surface area contributed by atoms with E-state index in [2.05, 4.69) is 5.32 Å². The smallest absolute Gasteiger partial charge is 0.324 e. The predicted molar refractivity (Wildman–Crippen MR) is 111 cm³/mol. The Morgan fingerprint density at radius 2 is 1.97 bits per heavy atom. The van der Waals surface area contributed by atoms with Crippen molar-refractivity contribution in [2.75, 3.05) is 23.3 Å². The fourth-order valence-electron chi connectivity index (χ4n) is 3.90. The monoisotopic (exact) mass is 395 g/mol. The van der Waals surface area contributed by atoms with E-state index in [0.29, 0.717) is 25.3 Å². The first-order valence-corrected chi connectivity index (χ1v) is 10.2. The van der Waals surface area contributed by atoms with Gasteiger partial charge in [0.25, 0.3) is 0 Å². The van der Waals surface area contributed by atoms with Crippen LogP contribution < -0.4 is 10.2 Å². The zero-order valence-electron chi connectivity index (χ0n) is 16.7. The van der Waals surface area contributed by atoms with Crippen molar-refractivity contribution >= 4 is 23.3 Å². The van der Waals surface area contributed by atoms with Gasteiger partial charge < -0.3 is 10.2 Å². The number of anilines is 2. The molecule has 2 aromatic carbocycles. The summed E-state index contributed by atoms with van der Waals surface area (Å²) < 4.78 is 13.5. The topological polar surface area (TPSA) is 52.6 Å². The third-order valence-electron chi connectivity index (χ3n) is 5.75. The molecular weight excluding hydrogens is 369 g/mol. The molecule has 0 atom stereocenters. The van der Waals surface area contributed by atoms with Crippen LogP contribution in [-0.4, -0.2) is 29.9 Å². The Morgan fingerprint density at radius 1 is 1.14 bits per heavy atom. The van der Waals surface area contributed by atoms with Crippen molar-refractivity contribution in [2.24, 2.45) is 5.92 Å². The van der Waals surface area contributed by atoms with E-state index in [-0.39, 0.29) is 23.7 Å². The summed E-state index contributed by atoms with van der Waals surface area (Å²) in [5.74, 6) is -0.197. The fraction of sp³-hybridized carbons (Fsp3) is 0.391. The molecule has 0 radical (unpaired) electrons. The van der Waals surface area contributed by atoms with Gasteiger partial charge in [0.15, 0.2) is 0 Å². The second kappa shape index (κ2) is 8.23. The van der Waals surface area contributed by atoms with E-state index in [1.165, 1.54) is 12.1 Å². The van der Waals surface area contributed by atoms with E-state index >= 15 is 0 Å². The van der Waals surface area contributed by atoms with Gasteiger partial charge in [0.2, 0.25) is 5.91 Å². The predicted octanol–water partition coefficient (Wildman–Crippen LogP) is 4.71. The first kappa shape index (κ1) is 19.4. The van der Waals surface area contributed by atoms with Gasteiger partial charge in [0, 0.05) is 25.6 Å². The molecule has 2 aliphatic rings. The lowest BCUT2D eigenvalue weighted by Gasteiger charge is -2.37. The Bertz CT molecular complexity index is 926. The molecule has 3 amide bonds. The molecule has 0 aromatic heterocycles. The first-order chi connectivity index (χ1) is 14.0. The van der Waals surface area contributed by atoms with E-state index < -0.39 is 0 Å². The maximum absolute atomic E-state index is 13.5. The van der Waals surface area contributed by atoms with Crippen LogP contribution >= 0.6 is 0 Å². The minimum absolute atomic E-state index is 0.0316. The van der Waals surface area contributed by atoms with Crippen molar-refractivity contribution < 1.29 is 14.0 Å². The van der Waals surface area contributed by atoms with Crippen LogP contribution in [0.25, 0.3) is 0 Å². The van der Waals surface area contributed by atoms with Crippen LogP contribution in [0.4, 0.5) is 20.6 Å². The number of hydrogen-bond acceptors (Lipinski definition) is 2. The lowest BCUT2D eigenvalue weighted by atomic mass is 9.85. The van der Waals surface area contributed by atoms with Gasteiger partial charge >= 0.3 is 6.03 Å². The Morgan fingerprint density at radius 3 is 2.69 bits per heavy atom. The molecule has 1 aliphatic carbocycles. The van der Waals surface area contributed by atoms with Gasteiger partial charge in [-0.1, -0.05) is 24.6 Å². The quantitative estimate of drug-likeness (QED) is 0.797. The van der Waals surface area contributed by atoms with Gasteiger partial charge in [-0.25, -0.2) is 9.18 Å². The molecular formula is C23H26FN3O2. The number of halogens is 1. The van der Waals surface area contributed by atoms with E-state index in [9.17, 15) is 14.0 Å². The van der Waals surface area contributed by atoms with E-state index in [1.54, 1.807) is 15.9 Å². The third-order valence-corrected chi connectivity index (χ3v) is 5.75. The van der Waals surface area contributed by atoms with Gasteiger partial charge in [0.05, 0.1) is 11.4 Å². The van der Waals surface area contributed by atoms with Crippen LogP contribution in [-0.2, 0) is 11.3 Å². The molecule has 1 N–H and O–H groups in total. The molecule has 0 spiro atoms. The van der Waals surface area contributed by atoms with Gasteiger partial charge in [-0.15, -0.1) is 0 Å². The molecule has 0 bridgehead atoms. The summed E-state index contributed by atoms with van der Waals surface area (Å²) in [6, 6.07) is 12.0. The van der Waals surface area contributed by atoms with E-state index in [0.717, 1.165) is 42.5 Å². The molecule has 1 saturated heterocycles. The molecule has 1 saturated carbocycles. The van der Waals surface area contributed by atoms with Crippen LogP contribution in [0.5, 0.6) is 0 Å². The zero-order valence-corrected chi connectivity index (χ0v) is 16.7. The number of amides is 3. The number of urea groups is 1. The Balaban J connectivity index is 1.55. The summed E-state index contributed by atoms with van der Waals surface area (Å²) in [6.45, 7) is 3.55. The van der Waals surface area contributed by atoms with Crippen molar-refractivity contribution in [1.29, 1.82) is 0 Å². The molecule has 2 aromatic rings.